The predicted molar refractivity (Wildman–Crippen MR) is 47.0 cm³/mol. The molecule has 0 radical (unpaired) electrons. The molecule has 0 unspecified atom stereocenters. The van der Waals surface area contributed by atoms with E-state index in [-0.39, 0.29) is 17.9 Å². The van der Waals surface area contributed by atoms with Gasteiger partial charge < -0.3 is 5.32 Å². The summed E-state index contributed by atoms with van der Waals surface area (Å²) in [5.74, 6) is 0.342. The molecule has 1 heterocycles. The van der Waals surface area contributed by atoms with Crippen molar-refractivity contribution >= 4 is 12.2 Å². The van der Waals surface area contributed by atoms with E-state index in [2.05, 4.69) is 10.3 Å². The molecule has 1 N–H and O–H groups in total. The van der Waals surface area contributed by atoms with Crippen LogP contribution in [-0.4, -0.2) is 18.3 Å². The molecule has 1 aliphatic heterocycles. The number of nitrogens with zero attached hydrogens (tertiary/aromatic N) is 1. The minimum atomic E-state index is 0.164. The van der Waals surface area contributed by atoms with Gasteiger partial charge >= 0.3 is 0 Å². The lowest BCUT2D eigenvalue weighted by molar-refractivity contribution is -0.124. The highest BCUT2D eigenvalue weighted by molar-refractivity contribution is 5.91. The van der Waals surface area contributed by atoms with Gasteiger partial charge in [0.1, 0.15) is 0 Å². The molecular formula is C9H14N2O. The van der Waals surface area contributed by atoms with E-state index in [9.17, 15) is 4.79 Å². The Balaban J connectivity index is 2.14. The standard InChI is InChI=1S/C9H14N2O/c12-9-7-4-2-1-3-5-8(7)10-6-11-9/h6-8H,1-5H2,(H,10,11,12)/t7-,8-/m0/s1. The number of aliphatic imine (C=N–C) groups is 1. The van der Waals surface area contributed by atoms with Crippen LogP contribution in [-0.2, 0) is 4.79 Å². The first-order valence-corrected chi connectivity index (χ1v) is 4.70. The summed E-state index contributed by atoms with van der Waals surface area (Å²) in [5.41, 5.74) is 0. The minimum Gasteiger partial charge on any atom is -0.317 e. The van der Waals surface area contributed by atoms with Crippen molar-refractivity contribution in [1.82, 2.24) is 5.32 Å². The van der Waals surface area contributed by atoms with E-state index < -0.39 is 0 Å². The predicted octanol–water partition coefficient (Wildman–Crippen LogP) is 1.09. The summed E-state index contributed by atoms with van der Waals surface area (Å²) in [6, 6.07) is 0.279. The maximum atomic E-state index is 11.4. The third-order valence-corrected chi connectivity index (χ3v) is 2.79. The average molecular weight is 166 g/mol. The SMILES string of the molecule is O=C1NC=N[C@H]2CCCCC[C@H]12. The number of fused-ring (bicyclic) bond motifs is 1. The minimum absolute atomic E-state index is 0.164. The highest BCUT2D eigenvalue weighted by Gasteiger charge is 2.30. The Morgan fingerprint density at radius 3 is 3.08 bits per heavy atom. The molecule has 1 saturated carbocycles. The van der Waals surface area contributed by atoms with E-state index in [1.54, 1.807) is 6.34 Å². The van der Waals surface area contributed by atoms with Gasteiger partial charge in [-0.2, -0.15) is 0 Å². The van der Waals surface area contributed by atoms with E-state index >= 15 is 0 Å². The fourth-order valence-corrected chi connectivity index (χ4v) is 2.08. The highest BCUT2D eigenvalue weighted by Crippen LogP contribution is 2.26. The summed E-state index contributed by atoms with van der Waals surface area (Å²) >= 11 is 0. The van der Waals surface area contributed by atoms with E-state index in [4.69, 9.17) is 0 Å². The quantitative estimate of drug-likeness (QED) is 0.575. The van der Waals surface area contributed by atoms with E-state index in [1.165, 1.54) is 19.3 Å². The van der Waals surface area contributed by atoms with Gasteiger partial charge in [0.25, 0.3) is 0 Å². The van der Waals surface area contributed by atoms with Gasteiger partial charge in [-0.15, -0.1) is 0 Å². The smallest absolute Gasteiger partial charge is 0.230 e. The van der Waals surface area contributed by atoms with Crippen LogP contribution in [0, 0.1) is 5.92 Å². The highest BCUT2D eigenvalue weighted by atomic mass is 16.2. The number of amides is 1. The maximum absolute atomic E-state index is 11.4. The number of carbonyl (C=O) groups is 1. The lowest BCUT2D eigenvalue weighted by Gasteiger charge is -2.23. The average Bonchev–Trinajstić information content (AvgIpc) is 2.30. The third kappa shape index (κ3) is 1.36. The third-order valence-electron chi connectivity index (χ3n) is 2.79. The summed E-state index contributed by atoms with van der Waals surface area (Å²) in [5, 5.41) is 2.68. The van der Waals surface area contributed by atoms with Crippen LogP contribution in [0.1, 0.15) is 32.1 Å². The fraction of sp³-hybridized carbons (Fsp3) is 0.778. The molecule has 1 amide bonds. The second kappa shape index (κ2) is 3.25. The molecule has 2 aliphatic rings. The Labute approximate surface area is 72.3 Å². The van der Waals surface area contributed by atoms with Crippen molar-refractivity contribution in [3.05, 3.63) is 0 Å². The maximum Gasteiger partial charge on any atom is 0.230 e. The molecule has 3 heteroatoms. The van der Waals surface area contributed by atoms with Gasteiger partial charge in [0.15, 0.2) is 0 Å². The zero-order chi connectivity index (χ0) is 8.39. The lowest BCUT2D eigenvalue weighted by atomic mass is 9.93. The molecule has 1 fully saturated rings. The van der Waals surface area contributed by atoms with Gasteiger partial charge in [-0.1, -0.05) is 19.3 Å². The molecule has 0 aromatic carbocycles. The second-order valence-corrected chi connectivity index (χ2v) is 3.60. The van der Waals surface area contributed by atoms with E-state index in [0.29, 0.717) is 0 Å². The molecule has 0 aromatic heterocycles. The number of hydrogen-bond acceptors (Lipinski definition) is 2. The summed E-state index contributed by atoms with van der Waals surface area (Å²) in [6.45, 7) is 0. The molecular weight excluding hydrogens is 152 g/mol. The second-order valence-electron chi connectivity index (χ2n) is 3.60. The van der Waals surface area contributed by atoms with Crippen molar-refractivity contribution in [2.75, 3.05) is 0 Å². The largest absolute Gasteiger partial charge is 0.317 e. The van der Waals surface area contributed by atoms with Crippen LogP contribution in [0.15, 0.2) is 4.99 Å². The number of nitrogens with one attached hydrogen (secondary N) is 1. The monoisotopic (exact) mass is 166 g/mol. The van der Waals surface area contributed by atoms with Crippen molar-refractivity contribution < 1.29 is 4.79 Å². The molecule has 12 heavy (non-hydrogen) atoms. The zero-order valence-corrected chi connectivity index (χ0v) is 7.12. The van der Waals surface area contributed by atoms with E-state index in [0.717, 1.165) is 12.8 Å². The van der Waals surface area contributed by atoms with Gasteiger partial charge in [-0.05, 0) is 12.8 Å². The molecule has 0 saturated heterocycles. The van der Waals surface area contributed by atoms with Crippen molar-refractivity contribution in [1.29, 1.82) is 0 Å². The molecule has 2 atom stereocenters. The Morgan fingerprint density at radius 1 is 1.33 bits per heavy atom. The Kier molecular flexibility index (Phi) is 2.11. The van der Waals surface area contributed by atoms with Crippen LogP contribution < -0.4 is 5.32 Å². The van der Waals surface area contributed by atoms with Gasteiger partial charge in [0.05, 0.1) is 18.3 Å². The zero-order valence-electron chi connectivity index (χ0n) is 7.12. The number of carbonyl (C=O) groups excluding carboxylic acids is 1. The molecule has 66 valence electrons. The number of rotatable bonds is 0. The van der Waals surface area contributed by atoms with Gasteiger partial charge in [-0.25, -0.2) is 0 Å². The Bertz CT molecular complexity index is 213. The summed E-state index contributed by atoms with van der Waals surface area (Å²) < 4.78 is 0. The normalized spacial score (nSPS) is 35.2. The fourth-order valence-electron chi connectivity index (χ4n) is 2.08. The molecule has 3 nitrogen and oxygen atoms in total. The van der Waals surface area contributed by atoms with Crippen LogP contribution >= 0.6 is 0 Å². The van der Waals surface area contributed by atoms with Gasteiger partial charge in [-0.3, -0.25) is 9.79 Å². The van der Waals surface area contributed by atoms with Crippen LogP contribution in [0.4, 0.5) is 0 Å². The van der Waals surface area contributed by atoms with Crippen LogP contribution in [0.25, 0.3) is 0 Å². The molecule has 2 rings (SSSR count). The van der Waals surface area contributed by atoms with E-state index in [1.807, 2.05) is 0 Å². The first-order valence-electron chi connectivity index (χ1n) is 4.70. The van der Waals surface area contributed by atoms with Crippen molar-refractivity contribution in [3.8, 4) is 0 Å². The topological polar surface area (TPSA) is 41.5 Å². The van der Waals surface area contributed by atoms with Crippen molar-refractivity contribution in [2.24, 2.45) is 10.9 Å². The molecule has 0 spiro atoms. The lowest BCUT2D eigenvalue weighted by Crippen LogP contribution is -2.40. The Hall–Kier alpha value is -0.860. The summed E-state index contributed by atoms with van der Waals surface area (Å²) in [6.07, 6.45) is 7.35. The Morgan fingerprint density at radius 2 is 2.17 bits per heavy atom. The van der Waals surface area contributed by atoms with Crippen molar-refractivity contribution in [2.45, 2.75) is 38.1 Å². The molecule has 0 aromatic rings. The van der Waals surface area contributed by atoms with Crippen LogP contribution in [0.5, 0.6) is 0 Å². The first kappa shape index (κ1) is 7.77. The summed E-state index contributed by atoms with van der Waals surface area (Å²) in [7, 11) is 0. The summed E-state index contributed by atoms with van der Waals surface area (Å²) in [4.78, 5) is 15.7. The van der Waals surface area contributed by atoms with Crippen LogP contribution in [0.2, 0.25) is 0 Å². The number of hydrogen-bond donors (Lipinski definition) is 1. The molecule has 0 bridgehead atoms. The van der Waals surface area contributed by atoms with Crippen molar-refractivity contribution in [3.63, 3.8) is 0 Å². The van der Waals surface area contributed by atoms with Crippen LogP contribution in [0.3, 0.4) is 0 Å². The first-order chi connectivity index (χ1) is 5.88. The van der Waals surface area contributed by atoms with Gasteiger partial charge in [0, 0.05) is 0 Å². The molecule has 1 aliphatic carbocycles. The van der Waals surface area contributed by atoms with Gasteiger partial charge in [0.2, 0.25) is 5.91 Å².